The van der Waals surface area contributed by atoms with Gasteiger partial charge in [-0.15, -0.1) is 0 Å². The highest BCUT2D eigenvalue weighted by atomic mass is 16.5. The molecule has 2 N–H and O–H groups in total. The van der Waals surface area contributed by atoms with Crippen molar-refractivity contribution >= 4 is 5.91 Å². The minimum Gasteiger partial charge on any atom is -0.380 e. The lowest BCUT2D eigenvalue weighted by Crippen LogP contribution is -2.28. The maximum absolute atomic E-state index is 12.0. The molecule has 0 saturated heterocycles. The Morgan fingerprint density at radius 3 is 2.76 bits per heavy atom. The van der Waals surface area contributed by atoms with Crippen LogP contribution in [-0.2, 0) is 17.9 Å². The van der Waals surface area contributed by atoms with Crippen LogP contribution in [0.25, 0.3) is 0 Å². The summed E-state index contributed by atoms with van der Waals surface area (Å²) in [6.45, 7) is 2.66. The molecule has 5 heteroatoms. The lowest BCUT2D eigenvalue weighted by molar-refractivity contribution is 0.0949. The van der Waals surface area contributed by atoms with Crippen LogP contribution in [0.2, 0.25) is 0 Å². The maximum Gasteiger partial charge on any atom is 0.257 e. The molecule has 0 fully saturated rings. The highest BCUT2D eigenvalue weighted by Gasteiger charge is 2.09. The van der Waals surface area contributed by atoms with Crippen molar-refractivity contribution in [2.45, 2.75) is 20.1 Å². The summed E-state index contributed by atoms with van der Waals surface area (Å²) in [6, 6.07) is 9.16. The molecule has 0 aliphatic heterocycles. The first kappa shape index (κ1) is 15.0. The fourth-order valence-electron chi connectivity index (χ4n) is 2.02. The molecule has 2 aromatic rings. The van der Waals surface area contributed by atoms with Gasteiger partial charge >= 0.3 is 0 Å². The second-order valence-corrected chi connectivity index (χ2v) is 4.83. The zero-order valence-corrected chi connectivity index (χ0v) is 12.1. The second kappa shape index (κ2) is 6.85. The molecule has 1 aromatic heterocycles. The SMILES string of the molecule is COCc1cccc(CNC(=O)c2c[nH]c(C)cc2=O)c1. The van der Waals surface area contributed by atoms with Gasteiger partial charge in [-0.3, -0.25) is 9.59 Å². The molecule has 0 unspecified atom stereocenters. The van der Waals surface area contributed by atoms with Crippen molar-refractivity contribution in [3.8, 4) is 0 Å². The van der Waals surface area contributed by atoms with E-state index in [4.69, 9.17) is 4.74 Å². The average molecular weight is 286 g/mol. The summed E-state index contributed by atoms with van der Waals surface area (Å²) >= 11 is 0. The number of aromatic nitrogens is 1. The molecule has 0 aliphatic carbocycles. The summed E-state index contributed by atoms with van der Waals surface area (Å²) in [5.74, 6) is -0.381. The largest absolute Gasteiger partial charge is 0.380 e. The number of aryl methyl sites for hydroxylation is 1. The van der Waals surface area contributed by atoms with Crippen molar-refractivity contribution in [2.75, 3.05) is 7.11 Å². The lowest BCUT2D eigenvalue weighted by Gasteiger charge is -2.07. The van der Waals surface area contributed by atoms with Gasteiger partial charge in [0.15, 0.2) is 5.43 Å². The molecule has 1 heterocycles. The number of benzene rings is 1. The Kier molecular flexibility index (Phi) is 4.90. The molecule has 21 heavy (non-hydrogen) atoms. The van der Waals surface area contributed by atoms with Gasteiger partial charge in [-0.1, -0.05) is 24.3 Å². The molecule has 2 rings (SSSR count). The number of amides is 1. The number of H-pyrrole nitrogens is 1. The van der Waals surface area contributed by atoms with Crippen LogP contribution in [0, 0.1) is 6.92 Å². The van der Waals surface area contributed by atoms with Crippen LogP contribution in [-0.4, -0.2) is 18.0 Å². The minimum atomic E-state index is -0.381. The van der Waals surface area contributed by atoms with E-state index in [1.54, 1.807) is 14.0 Å². The topological polar surface area (TPSA) is 71.2 Å². The molecule has 1 amide bonds. The van der Waals surface area contributed by atoms with Crippen molar-refractivity contribution in [3.63, 3.8) is 0 Å². The molecule has 0 saturated carbocycles. The van der Waals surface area contributed by atoms with Crippen molar-refractivity contribution in [2.24, 2.45) is 0 Å². The third kappa shape index (κ3) is 4.03. The first-order chi connectivity index (χ1) is 10.1. The van der Waals surface area contributed by atoms with Crippen LogP contribution in [0.4, 0.5) is 0 Å². The van der Waals surface area contributed by atoms with Gasteiger partial charge in [0.1, 0.15) is 5.56 Å². The smallest absolute Gasteiger partial charge is 0.257 e. The number of methoxy groups -OCH3 is 1. The standard InChI is InChI=1S/C16H18N2O3/c1-11-6-15(19)14(9-17-11)16(20)18-8-12-4-3-5-13(7-12)10-21-2/h3-7,9H,8,10H2,1-2H3,(H,17,19)(H,18,20). The van der Waals surface area contributed by atoms with E-state index in [1.165, 1.54) is 12.3 Å². The number of aromatic amines is 1. The number of carbonyl (C=O) groups excluding carboxylic acids is 1. The van der Waals surface area contributed by atoms with Gasteiger partial charge in [0.2, 0.25) is 0 Å². The Morgan fingerprint density at radius 1 is 1.29 bits per heavy atom. The Labute approximate surface area is 123 Å². The van der Waals surface area contributed by atoms with Crippen LogP contribution >= 0.6 is 0 Å². The van der Waals surface area contributed by atoms with Gasteiger partial charge in [-0.2, -0.15) is 0 Å². The molecule has 0 radical (unpaired) electrons. The average Bonchev–Trinajstić information content (AvgIpc) is 2.45. The van der Waals surface area contributed by atoms with Crippen LogP contribution in [0.15, 0.2) is 41.3 Å². The van der Waals surface area contributed by atoms with Gasteiger partial charge in [0.05, 0.1) is 6.61 Å². The predicted octanol–water partition coefficient (Wildman–Crippen LogP) is 1.76. The Hall–Kier alpha value is -2.40. The van der Waals surface area contributed by atoms with E-state index >= 15 is 0 Å². The summed E-state index contributed by atoms with van der Waals surface area (Å²) in [4.78, 5) is 26.6. The third-order valence-corrected chi connectivity index (χ3v) is 3.06. The normalized spacial score (nSPS) is 10.4. The van der Waals surface area contributed by atoms with E-state index < -0.39 is 0 Å². The Bertz CT molecular complexity index is 692. The van der Waals surface area contributed by atoms with Crippen LogP contribution in [0.1, 0.15) is 27.2 Å². The number of nitrogens with one attached hydrogen (secondary N) is 2. The number of rotatable bonds is 5. The number of ether oxygens (including phenoxy) is 1. The molecular weight excluding hydrogens is 268 g/mol. The molecule has 5 nitrogen and oxygen atoms in total. The molecule has 110 valence electrons. The van der Waals surface area contributed by atoms with Crippen molar-refractivity contribution < 1.29 is 9.53 Å². The predicted molar refractivity (Wildman–Crippen MR) is 80.1 cm³/mol. The molecule has 0 atom stereocenters. The fraction of sp³-hybridized carbons (Fsp3) is 0.250. The van der Waals surface area contributed by atoms with E-state index in [0.717, 1.165) is 16.8 Å². The highest BCUT2D eigenvalue weighted by Crippen LogP contribution is 2.06. The first-order valence-corrected chi connectivity index (χ1v) is 6.64. The third-order valence-electron chi connectivity index (χ3n) is 3.06. The van der Waals surface area contributed by atoms with Gasteiger partial charge < -0.3 is 15.0 Å². The van der Waals surface area contributed by atoms with E-state index in [-0.39, 0.29) is 16.9 Å². The van der Waals surface area contributed by atoms with Crippen LogP contribution < -0.4 is 10.7 Å². The fourth-order valence-corrected chi connectivity index (χ4v) is 2.02. The van der Waals surface area contributed by atoms with E-state index in [2.05, 4.69) is 10.3 Å². The minimum absolute atomic E-state index is 0.119. The van der Waals surface area contributed by atoms with E-state index in [0.29, 0.717) is 13.2 Å². The number of pyridine rings is 1. The number of hydrogen-bond acceptors (Lipinski definition) is 3. The molecule has 0 bridgehead atoms. The molecule has 1 aromatic carbocycles. The van der Waals surface area contributed by atoms with Gasteiger partial charge in [-0.25, -0.2) is 0 Å². The zero-order chi connectivity index (χ0) is 15.2. The van der Waals surface area contributed by atoms with Crippen LogP contribution in [0.3, 0.4) is 0 Å². The van der Waals surface area contributed by atoms with Crippen LogP contribution in [0.5, 0.6) is 0 Å². The summed E-state index contributed by atoms with van der Waals surface area (Å²) in [5, 5.41) is 2.75. The van der Waals surface area contributed by atoms with Gasteiger partial charge in [-0.05, 0) is 18.1 Å². The van der Waals surface area contributed by atoms with Gasteiger partial charge in [0, 0.05) is 31.6 Å². The summed E-state index contributed by atoms with van der Waals surface area (Å²) in [6.07, 6.45) is 1.44. The quantitative estimate of drug-likeness (QED) is 0.879. The van der Waals surface area contributed by atoms with E-state index in [1.807, 2.05) is 24.3 Å². The second-order valence-electron chi connectivity index (χ2n) is 4.83. The van der Waals surface area contributed by atoms with Crippen molar-refractivity contribution in [1.82, 2.24) is 10.3 Å². The monoisotopic (exact) mass is 286 g/mol. The van der Waals surface area contributed by atoms with E-state index in [9.17, 15) is 9.59 Å². The number of carbonyl (C=O) groups is 1. The zero-order valence-electron chi connectivity index (χ0n) is 12.1. The Balaban J connectivity index is 2.04. The summed E-state index contributed by atoms with van der Waals surface area (Å²) < 4.78 is 5.07. The Morgan fingerprint density at radius 2 is 2.05 bits per heavy atom. The maximum atomic E-state index is 12.0. The number of hydrogen-bond donors (Lipinski definition) is 2. The summed E-state index contributed by atoms with van der Waals surface area (Å²) in [5.41, 5.74) is 2.56. The van der Waals surface area contributed by atoms with Crippen molar-refractivity contribution in [3.05, 3.63) is 69.1 Å². The molecule has 0 spiro atoms. The summed E-state index contributed by atoms with van der Waals surface area (Å²) in [7, 11) is 1.64. The first-order valence-electron chi connectivity index (χ1n) is 6.64. The molecular formula is C16H18N2O3. The lowest BCUT2D eigenvalue weighted by atomic mass is 10.1. The van der Waals surface area contributed by atoms with Crippen molar-refractivity contribution in [1.29, 1.82) is 0 Å². The van der Waals surface area contributed by atoms with Gasteiger partial charge in [0.25, 0.3) is 5.91 Å². The highest BCUT2D eigenvalue weighted by molar-refractivity contribution is 5.93. The molecule has 0 aliphatic rings.